The third kappa shape index (κ3) is 4.97. The van der Waals surface area contributed by atoms with Gasteiger partial charge in [-0.15, -0.1) is 0 Å². The van der Waals surface area contributed by atoms with Crippen molar-refractivity contribution in [1.29, 1.82) is 0 Å². The number of carbonyl (C=O) groups excluding carboxylic acids is 1. The zero-order chi connectivity index (χ0) is 14.4. The molecule has 1 unspecified atom stereocenters. The second-order valence-electron chi connectivity index (χ2n) is 4.43. The molecule has 0 aliphatic carbocycles. The third-order valence-electron chi connectivity index (χ3n) is 3.20. The van der Waals surface area contributed by atoms with Crippen molar-refractivity contribution in [1.82, 2.24) is 5.32 Å². The minimum atomic E-state index is -0.131. The Morgan fingerprint density at radius 2 is 1.89 bits per heavy atom. The molecule has 0 spiro atoms. The van der Waals surface area contributed by atoms with Crippen molar-refractivity contribution in [3.05, 3.63) is 33.8 Å². The molecule has 1 N–H and O–H groups in total. The van der Waals surface area contributed by atoms with E-state index in [1.807, 2.05) is 0 Å². The van der Waals surface area contributed by atoms with E-state index < -0.39 is 0 Å². The van der Waals surface area contributed by atoms with Gasteiger partial charge < -0.3 is 5.32 Å². The zero-order valence-electron chi connectivity index (χ0n) is 11.1. The van der Waals surface area contributed by atoms with E-state index in [-0.39, 0.29) is 10.7 Å². The van der Waals surface area contributed by atoms with Crippen LogP contribution < -0.4 is 5.32 Å². The Kier molecular flexibility index (Phi) is 7.19. The van der Waals surface area contributed by atoms with E-state index >= 15 is 0 Å². The van der Waals surface area contributed by atoms with Crippen LogP contribution in [0.25, 0.3) is 0 Å². The molecule has 0 radical (unpaired) electrons. The average molecular weight is 367 g/mol. The molecule has 1 aromatic rings. The van der Waals surface area contributed by atoms with E-state index in [0.717, 1.165) is 12.8 Å². The monoisotopic (exact) mass is 365 g/mol. The highest BCUT2D eigenvalue weighted by Gasteiger charge is 2.16. The summed E-state index contributed by atoms with van der Waals surface area (Å²) in [5.74, 6) is 0.433. The number of hydrogen-bond acceptors (Lipinski definition) is 1. The number of rotatable bonds is 6. The second kappa shape index (κ2) is 8.13. The highest BCUT2D eigenvalue weighted by Crippen LogP contribution is 2.23. The molecule has 0 saturated carbocycles. The van der Waals surface area contributed by atoms with Crippen molar-refractivity contribution in [2.75, 3.05) is 6.54 Å². The highest BCUT2D eigenvalue weighted by molar-refractivity contribution is 9.09. The standard InChI is InChI=1S/C14H18BrCl2NO/c1-3-9(4-2)11(15)8-18-14(19)10-5-6-12(16)13(17)7-10/h5-7,9,11H,3-4,8H2,1-2H3,(H,18,19). The van der Waals surface area contributed by atoms with Gasteiger partial charge in [0.15, 0.2) is 0 Å². The molecule has 0 bridgehead atoms. The van der Waals surface area contributed by atoms with Crippen molar-refractivity contribution in [3.63, 3.8) is 0 Å². The Labute approximate surface area is 133 Å². The fourth-order valence-corrected chi connectivity index (χ4v) is 3.10. The average Bonchev–Trinajstić information content (AvgIpc) is 2.40. The maximum absolute atomic E-state index is 12.0. The summed E-state index contributed by atoms with van der Waals surface area (Å²) in [5, 5.41) is 3.75. The van der Waals surface area contributed by atoms with Crippen LogP contribution in [0.5, 0.6) is 0 Å². The summed E-state index contributed by atoms with van der Waals surface area (Å²) in [6.45, 7) is 4.91. The molecule has 1 rings (SSSR count). The lowest BCUT2D eigenvalue weighted by atomic mass is 9.99. The van der Waals surface area contributed by atoms with E-state index in [4.69, 9.17) is 23.2 Å². The third-order valence-corrected chi connectivity index (χ3v) is 5.01. The Hall–Kier alpha value is -0.250. The fraction of sp³-hybridized carbons (Fsp3) is 0.500. The normalized spacial score (nSPS) is 12.5. The van der Waals surface area contributed by atoms with Gasteiger partial charge in [-0.05, 0) is 24.1 Å². The summed E-state index contributed by atoms with van der Waals surface area (Å²) >= 11 is 15.3. The summed E-state index contributed by atoms with van der Waals surface area (Å²) in [6, 6.07) is 4.88. The molecule has 1 atom stereocenters. The summed E-state index contributed by atoms with van der Waals surface area (Å²) in [4.78, 5) is 12.3. The summed E-state index contributed by atoms with van der Waals surface area (Å²) in [5.41, 5.74) is 0.527. The highest BCUT2D eigenvalue weighted by atomic mass is 79.9. The number of nitrogens with one attached hydrogen (secondary N) is 1. The molecule has 5 heteroatoms. The van der Waals surface area contributed by atoms with Crippen LogP contribution in [0.15, 0.2) is 18.2 Å². The Balaban J connectivity index is 2.58. The summed E-state index contributed by atoms with van der Waals surface area (Å²) in [7, 11) is 0. The van der Waals surface area contributed by atoms with Crippen LogP contribution >= 0.6 is 39.1 Å². The smallest absolute Gasteiger partial charge is 0.251 e. The molecule has 0 aliphatic rings. The van der Waals surface area contributed by atoms with Gasteiger partial charge in [-0.2, -0.15) is 0 Å². The van der Waals surface area contributed by atoms with Crippen molar-refractivity contribution >= 4 is 45.0 Å². The van der Waals surface area contributed by atoms with Gasteiger partial charge in [0.25, 0.3) is 5.91 Å². The van der Waals surface area contributed by atoms with Crippen LogP contribution in [-0.4, -0.2) is 17.3 Å². The molecular weight excluding hydrogens is 349 g/mol. The molecular formula is C14H18BrCl2NO. The Morgan fingerprint density at radius 1 is 1.26 bits per heavy atom. The van der Waals surface area contributed by atoms with Crippen LogP contribution in [-0.2, 0) is 0 Å². The van der Waals surface area contributed by atoms with Crippen LogP contribution in [0, 0.1) is 5.92 Å². The molecule has 1 amide bonds. The molecule has 1 aromatic carbocycles. The maximum Gasteiger partial charge on any atom is 0.251 e. The first kappa shape index (κ1) is 16.8. The van der Waals surface area contributed by atoms with Gasteiger partial charge in [0.1, 0.15) is 0 Å². The minimum Gasteiger partial charge on any atom is -0.351 e. The van der Waals surface area contributed by atoms with Gasteiger partial charge in [0, 0.05) is 16.9 Å². The molecule has 0 saturated heterocycles. The van der Waals surface area contributed by atoms with E-state index in [1.54, 1.807) is 18.2 Å². The molecule has 0 aliphatic heterocycles. The van der Waals surface area contributed by atoms with Crippen molar-refractivity contribution in [2.24, 2.45) is 5.92 Å². The molecule has 19 heavy (non-hydrogen) atoms. The second-order valence-corrected chi connectivity index (χ2v) is 6.42. The van der Waals surface area contributed by atoms with Crippen molar-refractivity contribution in [3.8, 4) is 0 Å². The molecule has 2 nitrogen and oxygen atoms in total. The first-order chi connectivity index (χ1) is 8.99. The van der Waals surface area contributed by atoms with Gasteiger partial charge >= 0.3 is 0 Å². The van der Waals surface area contributed by atoms with E-state index in [1.165, 1.54) is 0 Å². The SMILES string of the molecule is CCC(CC)C(Br)CNC(=O)c1ccc(Cl)c(Cl)c1. The van der Waals surface area contributed by atoms with Crippen LogP contribution in [0.3, 0.4) is 0 Å². The van der Waals surface area contributed by atoms with Crippen LogP contribution in [0.2, 0.25) is 10.0 Å². The molecule has 106 valence electrons. The fourth-order valence-electron chi connectivity index (χ4n) is 1.90. The number of carbonyl (C=O) groups is 1. The molecule has 0 aromatic heterocycles. The predicted octanol–water partition coefficient (Wildman–Crippen LogP) is 4.92. The largest absolute Gasteiger partial charge is 0.351 e. The molecule has 0 fully saturated rings. The zero-order valence-corrected chi connectivity index (χ0v) is 14.1. The predicted molar refractivity (Wildman–Crippen MR) is 85.6 cm³/mol. The lowest BCUT2D eigenvalue weighted by molar-refractivity contribution is 0.0952. The number of alkyl halides is 1. The van der Waals surface area contributed by atoms with Crippen molar-refractivity contribution in [2.45, 2.75) is 31.5 Å². The maximum atomic E-state index is 12.0. The van der Waals surface area contributed by atoms with Crippen LogP contribution in [0.4, 0.5) is 0 Å². The summed E-state index contributed by atoms with van der Waals surface area (Å²) in [6.07, 6.45) is 2.18. The van der Waals surface area contributed by atoms with Gasteiger partial charge in [-0.25, -0.2) is 0 Å². The topological polar surface area (TPSA) is 29.1 Å². The number of hydrogen-bond donors (Lipinski definition) is 1. The first-order valence-electron chi connectivity index (χ1n) is 6.36. The number of amides is 1. The summed E-state index contributed by atoms with van der Waals surface area (Å²) < 4.78 is 0. The number of benzene rings is 1. The van der Waals surface area contributed by atoms with E-state index in [9.17, 15) is 4.79 Å². The first-order valence-corrected chi connectivity index (χ1v) is 8.04. The molecule has 0 heterocycles. The van der Waals surface area contributed by atoms with Crippen LogP contribution in [0.1, 0.15) is 37.0 Å². The van der Waals surface area contributed by atoms with E-state index in [0.29, 0.717) is 28.1 Å². The van der Waals surface area contributed by atoms with Gasteiger partial charge in [0.2, 0.25) is 0 Å². The van der Waals surface area contributed by atoms with Gasteiger partial charge in [-0.3, -0.25) is 4.79 Å². The lowest BCUT2D eigenvalue weighted by Crippen LogP contribution is -2.32. The van der Waals surface area contributed by atoms with E-state index in [2.05, 4.69) is 35.1 Å². The number of halogens is 3. The van der Waals surface area contributed by atoms with Crippen molar-refractivity contribution < 1.29 is 4.79 Å². The Bertz CT molecular complexity index is 435. The van der Waals surface area contributed by atoms with Gasteiger partial charge in [0.05, 0.1) is 10.0 Å². The lowest BCUT2D eigenvalue weighted by Gasteiger charge is -2.19. The minimum absolute atomic E-state index is 0.131. The quantitative estimate of drug-likeness (QED) is 0.711. The Morgan fingerprint density at radius 3 is 2.42 bits per heavy atom. The van der Waals surface area contributed by atoms with Gasteiger partial charge in [-0.1, -0.05) is 65.8 Å².